The Kier molecular flexibility index (Phi) is 6.70. The van der Waals surface area contributed by atoms with Crippen LogP contribution in [0.15, 0.2) is 44.4 Å². The van der Waals surface area contributed by atoms with Gasteiger partial charge in [-0.05, 0) is 46.6 Å². The Morgan fingerprint density at radius 3 is 2.77 bits per heavy atom. The molecule has 0 aromatic heterocycles. The van der Waals surface area contributed by atoms with E-state index < -0.39 is 17.4 Å². The standard InChI is InChI=1S/C16H13Br2N3O5/c1-9-2-3-15(13(4-9)21(24)25)26-8-16(23)20-19-7-10-5-14(22)12(18)6-11(10)17/h2-7,22H,8H2,1H3,(H,20,23)/b19-7+. The fourth-order valence-electron chi connectivity index (χ4n) is 1.89. The van der Waals surface area contributed by atoms with Crippen molar-refractivity contribution in [1.29, 1.82) is 0 Å². The average Bonchev–Trinajstić information content (AvgIpc) is 2.58. The number of phenols is 1. The maximum Gasteiger partial charge on any atom is 0.311 e. The lowest BCUT2D eigenvalue weighted by Gasteiger charge is -2.06. The number of halogens is 2. The highest BCUT2D eigenvalue weighted by atomic mass is 79.9. The number of hydrogen-bond donors (Lipinski definition) is 2. The summed E-state index contributed by atoms with van der Waals surface area (Å²) >= 11 is 6.48. The predicted molar refractivity (Wildman–Crippen MR) is 103 cm³/mol. The van der Waals surface area contributed by atoms with Crippen molar-refractivity contribution in [3.05, 3.63) is 60.5 Å². The van der Waals surface area contributed by atoms with Crippen LogP contribution >= 0.6 is 31.9 Å². The molecule has 0 saturated heterocycles. The van der Waals surface area contributed by atoms with Crippen LogP contribution in [0.3, 0.4) is 0 Å². The monoisotopic (exact) mass is 485 g/mol. The molecule has 2 rings (SSSR count). The van der Waals surface area contributed by atoms with Crippen molar-refractivity contribution >= 4 is 49.7 Å². The summed E-state index contributed by atoms with van der Waals surface area (Å²) < 4.78 is 6.37. The van der Waals surface area contributed by atoms with Gasteiger partial charge in [0.1, 0.15) is 5.75 Å². The minimum absolute atomic E-state index is 0.000283. The summed E-state index contributed by atoms with van der Waals surface area (Å²) in [5.41, 5.74) is 3.28. The van der Waals surface area contributed by atoms with E-state index in [4.69, 9.17) is 4.74 Å². The van der Waals surface area contributed by atoms with Crippen LogP contribution in [-0.4, -0.2) is 28.8 Å². The summed E-state index contributed by atoms with van der Waals surface area (Å²) in [7, 11) is 0. The molecular formula is C16H13Br2N3O5. The molecule has 1 amide bonds. The molecule has 0 heterocycles. The van der Waals surface area contributed by atoms with Gasteiger partial charge in [-0.2, -0.15) is 5.10 Å². The van der Waals surface area contributed by atoms with Crippen molar-refractivity contribution < 1.29 is 19.6 Å². The number of aryl methyl sites for hydroxylation is 1. The zero-order chi connectivity index (χ0) is 19.3. The molecule has 2 aromatic rings. The Morgan fingerprint density at radius 2 is 2.08 bits per heavy atom. The van der Waals surface area contributed by atoms with E-state index in [9.17, 15) is 20.0 Å². The van der Waals surface area contributed by atoms with Crippen molar-refractivity contribution in [2.24, 2.45) is 5.10 Å². The minimum Gasteiger partial charge on any atom is -0.507 e. The molecule has 0 unspecified atom stereocenters. The molecule has 0 aliphatic heterocycles. The lowest BCUT2D eigenvalue weighted by atomic mass is 10.2. The van der Waals surface area contributed by atoms with Gasteiger partial charge in [-0.25, -0.2) is 5.43 Å². The molecule has 0 aliphatic carbocycles. The maximum absolute atomic E-state index is 11.8. The number of aromatic hydroxyl groups is 1. The number of ether oxygens (including phenoxy) is 1. The smallest absolute Gasteiger partial charge is 0.311 e. The number of nitro benzene ring substituents is 1. The van der Waals surface area contributed by atoms with Crippen molar-refractivity contribution in [1.82, 2.24) is 5.43 Å². The number of nitrogens with zero attached hydrogens (tertiary/aromatic N) is 2. The van der Waals surface area contributed by atoms with E-state index in [0.717, 1.165) is 0 Å². The molecule has 0 aliphatic rings. The number of phenolic OH excluding ortho intramolecular Hbond substituents is 1. The molecular weight excluding hydrogens is 474 g/mol. The third-order valence-corrected chi connectivity index (χ3v) is 4.45. The minimum atomic E-state index is -0.589. The van der Waals surface area contributed by atoms with Gasteiger partial charge in [0.15, 0.2) is 12.4 Å². The molecule has 26 heavy (non-hydrogen) atoms. The molecule has 136 valence electrons. The topological polar surface area (TPSA) is 114 Å². The Labute approximate surface area is 165 Å². The van der Waals surface area contributed by atoms with Crippen LogP contribution in [0.5, 0.6) is 11.5 Å². The Hall–Kier alpha value is -2.46. The largest absolute Gasteiger partial charge is 0.507 e. The van der Waals surface area contributed by atoms with Crippen LogP contribution in [0.25, 0.3) is 0 Å². The fourth-order valence-corrected chi connectivity index (χ4v) is 2.99. The molecule has 0 bridgehead atoms. The van der Waals surface area contributed by atoms with E-state index in [2.05, 4.69) is 42.4 Å². The zero-order valence-electron chi connectivity index (χ0n) is 13.4. The number of nitro groups is 1. The number of rotatable bonds is 6. The molecule has 0 spiro atoms. The molecule has 10 heteroatoms. The summed E-state index contributed by atoms with van der Waals surface area (Å²) in [4.78, 5) is 22.2. The Balaban J connectivity index is 1.96. The first-order chi connectivity index (χ1) is 12.3. The van der Waals surface area contributed by atoms with E-state index in [0.29, 0.717) is 20.1 Å². The van der Waals surface area contributed by atoms with Crippen molar-refractivity contribution in [2.75, 3.05) is 6.61 Å². The summed E-state index contributed by atoms with van der Waals surface area (Å²) in [6, 6.07) is 7.54. The number of benzene rings is 2. The number of amides is 1. The van der Waals surface area contributed by atoms with Crippen LogP contribution in [0.2, 0.25) is 0 Å². The summed E-state index contributed by atoms with van der Waals surface area (Å²) in [5, 5.41) is 24.4. The highest BCUT2D eigenvalue weighted by Gasteiger charge is 2.16. The molecule has 0 atom stereocenters. The number of carbonyl (C=O) groups is 1. The first-order valence-corrected chi connectivity index (χ1v) is 8.74. The number of nitrogens with one attached hydrogen (secondary N) is 1. The highest BCUT2D eigenvalue weighted by molar-refractivity contribution is 9.11. The van der Waals surface area contributed by atoms with Gasteiger partial charge in [0.05, 0.1) is 15.6 Å². The van der Waals surface area contributed by atoms with Gasteiger partial charge in [-0.15, -0.1) is 0 Å². The second-order valence-corrected chi connectivity index (χ2v) is 6.84. The van der Waals surface area contributed by atoms with Gasteiger partial charge in [0, 0.05) is 16.1 Å². The van der Waals surface area contributed by atoms with Gasteiger partial charge in [-0.1, -0.05) is 22.0 Å². The van der Waals surface area contributed by atoms with Crippen LogP contribution in [0.1, 0.15) is 11.1 Å². The van der Waals surface area contributed by atoms with Crippen molar-refractivity contribution in [2.45, 2.75) is 6.92 Å². The van der Waals surface area contributed by atoms with E-state index in [1.165, 1.54) is 24.4 Å². The van der Waals surface area contributed by atoms with Crippen molar-refractivity contribution in [3.63, 3.8) is 0 Å². The average molecular weight is 487 g/mol. The number of hydrogen-bond acceptors (Lipinski definition) is 6. The lowest BCUT2D eigenvalue weighted by Crippen LogP contribution is -2.24. The predicted octanol–water partition coefficient (Wildman–Crippen LogP) is 3.66. The van der Waals surface area contributed by atoms with Crippen LogP contribution < -0.4 is 10.2 Å². The van der Waals surface area contributed by atoms with Crippen LogP contribution in [0, 0.1) is 17.0 Å². The molecule has 0 fully saturated rings. The second-order valence-electron chi connectivity index (χ2n) is 5.14. The van der Waals surface area contributed by atoms with Crippen LogP contribution in [0.4, 0.5) is 5.69 Å². The molecule has 0 saturated carbocycles. The van der Waals surface area contributed by atoms with E-state index in [1.807, 2.05) is 0 Å². The third kappa shape index (κ3) is 5.27. The van der Waals surface area contributed by atoms with E-state index in [-0.39, 0.29) is 17.2 Å². The number of carbonyl (C=O) groups excluding carboxylic acids is 1. The molecule has 2 aromatic carbocycles. The van der Waals surface area contributed by atoms with Gasteiger partial charge < -0.3 is 9.84 Å². The number of hydrazone groups is 1. The van der Waals surface area contributed by atoms with Crippen molar-refractivity contribution in [3.8, 4) is 11.5 Å². The maximum atomic E-state index is 11.8. The highest BCUT2D eigenvalue weighted by Crippen LogP contribution is 2.30. The third-order valence-electron chi connectivity index (χ3n) is 3.13. The first-order valence-electron chi connectivity index (χ1n) is 7.15. The molecule has 2 N–H and O–H groups in total. The quantitative estimate of drug-likeness (QED) is 0.367. The fraction of sp³-hybridized carbons (Fsp3) is 0.125. The van der Waals surface area contributed by atoms with E-state index in [1.54, 1.807) is 19.1 Å². The Bertz CT molecular complexity index is 886. The van der Waals surface area contributed by atoms with E-state index >= 15 is 0 Å². The lowest BCUT2D eigenvalue weighted by molar-refractivity contribution is -0.385. The summed E-state index contributed by atoms with van der Waals surface area (Å²) in [5.74, 6) is -0.565. The van der Waals surface area contributed by atoms with Gasteiger partial charge in [0.2, 0.25) is 0 Å². The van der Waals surface area contributed by atoms with Gasteiger partial charge in [0.25, 0.3) is 5.91 Å². The van der Waals surface area contributed by atoms with Crippen LogP contribution in [-0.2, 0) is 4.79 Å². The summed E-state index contributed by atoms with van der Waals surface area (Å²) in [6.07, 6.45) is 1.34. The second kappa shape index (κ2) is 8.77. The molecule has 0 radical (unpaired) electrons. The van der Waals surface area contributed by atoms with Gasteiger partial charge in [-0.3, -0.25) is 14.9 Å². The first kappa shape index (κ1) is 19.9. The molecule has 8 nitrogen and oxygen atoms in total. The van der Waals surface area contributed by atoms with Gasteiger partial charge >= 0.3 is 5.69 Å². The normalized spacial score (nSPS) is 10.7. The summed E-state index contributed by atoms with van der Waals surface area (Å²) in [6.45, 7) is 1.28. The Morgan fingerprint density at radius 1 is 1.35 bits per heavy atom. The zero-order valence-corrected chi connectivity index (χ0v) is 16.6. The SMILES string of the molecule is Cc1ccc(OCC(=O)N/N=C/c2cc(O)c(Br)cc2Br)c([N+](=O)[O-])c1.